The highest BCUT2D eigenvalue weighted by Crippen LogP contribution is 2.30. The van der Waals surface area contributed by atoms with Crippen molar-refractivity contribution in [2.24, 2.45) is 4.99 Å². The molecule has 1 unspecified atom stereocenters. The van der Waals surface area contributed by atoms with Crippen molar-refractivity contribution in [3.8, 4) is 22.5 Å². The van der Waals surface area contributed by atoms with Crippen molar-refractivity contribution in [2.45, 2.75) is 45.8 Å². The number of morpholine rings is 1. The zero-order chi connectivity index (χ0) is 25.6. The maximum Gasteiger partial charge on any atom is 0.439 e. The lowest BCUT2D eigenvalue weighted by molar-refractivity contribution is 0.0424. The molecule has 2 aromatic carbocycles. The van der Waals surface area contributed by atoms with Gasteiger partial charge in [-0.3, -0.25) is 19.4 Å². The lowest BCUT2D eigenvalue weighted by atomic mass is 9.98. The smallest absolute Gasteiger partial charge is 0.379 e. The molecule has 194 valence electrons. The number of hydrogen-bond donors (Lipinski definition) is 1. The second-order valence-corrected chi connectivity index (χ2v) is 9.60. The van der Waals surface area contributed by atoms with Gasteiger partial charge in [-0.1, -0.05) is 74.0 Å². The number of nitrogens with zero attached hydrogens (tertiary/aromatic N) is 4. The van der Waals surface area contributed by atoms with Crippen molar-refractivity contribution >= 4 is 5.71 Å². The van der Waals surface area contributed by atoms with Crippen LogP contribution in [0.3, 0.4) is 0 Å². The first-order valence-electron chi connectivity index (χ1n) is 13.2. The highest BCUT2D eigenvalue weighted by Gasteiger charge is 2.24. The molecular formula is C29H35N5O3. The topological polar surface area (TPSA) is 87.0 Å². The molecule has 1 aromatic heterocycles. The standard InChI is InChI=1S/C29H35N5O3/c1-3-7-27-30-26(4-2)23(19-33-14-16-36-17-15-33)20-34(27)18-21-10-12-22(13-11-21)24-8-5-6-9-25(24)28-31-29(35)37-32-28/h5-6,8-13,20,27H,3-4,7,14-19H2,1-2H3,(H,31,32,35). The third kappa shape index (κ3) is 5.92. The Labute approximate surface area is 217 Å². The van der Waals surface area contributed by atoms with Crippen LogP contribution in [0.25, 0.3) is 22.5 Å². The number of nitrogens with one attached hydrogen (secondary N) is 1. The Hall–Kier alpha value is -3.49. The van der Waals surface area contributed by atoms with Gasteiger partial charge in [0.2, 0.25) is 0 Å². The third-order valence-corrected chi connectivity index (χ3v) is 7.01. The molecule has 2 aliphatic rings. The Morgan fingerprint density at radius 1 is 1.00 bits per heavy atom. The van der Waals surface area contributed by atoms with Crippen molar-refractivity contribution in [3.63, 3.8) is 0 Å². The van der Waals surface area contributed by atoms with Crippen LogP contribution in [0.15, 0.2) is 74.6 Å². The zero-order valence-corrected chi connectivity index (χ0v) is 21.7. The molecule has 0 amide bonds. The Morgan fingerprint density at radius 2 is 1.76 bits per heavy atom. The summed E-state index contributed by atoms with van der Waals surface area (Å²) in [7, 11) is 0. The Morgan fingerprint density at radius 3 is 2.43 bits per heavy atom. The van der Waals surface area contributed by atoms with E-state index in [2.05, 4.69) is 64.3 Å². The van der Waals surface area contributed by atoms with Gasteiger partial charge in [-0.2, -0.15) is 0 Å². The molecule has 1 atom stereocenters. The largest absolute Gasteiger partial charge is 0.439 e. The van der Waals surface area contributed by atoms with Gasteiger partial charge in [0.15, 0.2) is 5.82 Å². The van der Waals surface area contributed by atoms with Crippen LogP contribution in [-0.4, -0.2) is 64.7 Å². The van der Waals surface area contributed by atoms with Crippen LogP contribution >= 0.6 is 0 Å². The summed E-state index contributed by atoms with van der Waals surface area (Å²) in [5.74, 6) is -0.124. The number of aromatic nitrogens is 2. The molecule has 2 aliphatic heterocycles. The van der Waals surface area contributed by atoms with Gasteiger partial charge < -0.3 is 9.64 Å². The molecule has 3 aromatic rings. The summed E-state index contributed by atoms with van der Waals surface area (Å²) in [5, 5.41) is 3.88. The fraction of sp³-hybridized carbons (Fsp3) is 0.414. The van der Waals surface area contributed by atoms with Crippen molar-refractivity contribution in [3.05, 3.63) is 76.4 Å². The van der Waals surface area contributed by atoms with E-state index in [1.807, 2.05) is 24.3 Å². The highest BCUT2D eigenvalue weighted by molar-refractivity contribution is 6.00. The summed E-state index contributed by atoms with van der Waals surface area (Å²) >= 11 is 0. The lowest BCUT2D eigenvalue weighted by Crippen LogP contribution is -2.41. The minimum absolute atomic E-state index is 0.165. The highest BCUT2D eigenvalue weighted by atomic mass is 16.5. The SMILES string of the molecule is CCCC1N=C(CC)C(CN2CCOCC2)=CN1Cc1ccc(-c2ccccc2-c2noc(=O)[nH]2)cc1. The Bertz CT molecular complexity index is 1300. The molecule has 1 N–H and O–H groups in total. The zero-order valence-electron chi connectivity index (χ0n) is 21.7. The van der Waals surface area contributed by atoms with Gasteiger partial charge in [0.1, 0.15) is 6.17 Å². The minimum atomic E-state index is -0.557. The van der Waals surface area contributed by atoms with Crippen LogP contribution in [0.4, 0.5) is 0 Å². The molecule has 1 saturated heterocycles. The minimum Gasteiger partial charge on any atom is -0.379 e. The Balaban J connectivity index is 1.37. The van der Waals surface area contributed by atoms with Gasteiger partial charge in [0, 0.05) is 49.2 Å². The number of benzene rings is 2. The number of H-pyrrole nitrogens is 1. The van der Waals surface area contributed by atoms with E-state index in [0.717, 1.165) is 75.3 Å². The molecule has 8 heteroatoms. The predicted molar refractivity (Wildman–Crippen MR) is 145 cm³/mol. The molecule has 0 saturated carbocycles. The maximum absolute atomic E-state index is 11.5. The summed E-state index contributed by atoms with van der Waals surface area (Å²) in [6, 6.07) is 16.5. The lowest BCUT2D eigenvalue weighted by Gasteiger charge is -2.35. The molecule has 3 heterocycles. The van der Waals surface area contributed by atoms with Gasteiger partial charge in [-0.05, 0) is 29.5 Å². The average Bonchev–Trinajstić information content (AvgIpc) is 3.37. The fourth-order valence-corrected chi connectivity index (χ4v) is 5.08. The monoisotopic (exact) mass is 501 g/mol. The van der Waals surface area contributed by atoms with Crippen LogP contribution in [-0.2, 0) is 11.3 Å². The summed E-state index contributed by atoms with van der Waals surface area (Å²) in [6.45, 7) is 9.69. The number of aliphatic imine (C=N–C) groups is 1. The summed E-state index contributed by atoms with van der Waals surface area (Å²) in [5.41, 5.74) is 6.67. The summed E-state index contributed by atoms with van der Waals surface area (Å²) in [6.07, 6.45) is 5.60. The second-order valence-electron chi connectivity index (χ2n) is 9.60. The van der Waals surface area contributed by atoms with Gasteiger partial charge in [-0.25, -0.2) is 4.79 Å². The molecule has 0 aliphatic carbocycles. The molecule has 8 nitrogen and oxygen atoms in total. The second kappa shape index (κ2) is 11.7. The molecule has 0 bridgehead atoms. The number of ether oxygens (including phenoxy) is 1. The van der Waals surface area contributed by atoms with Gasteiger partial charge >= 0.3 is 5.76 Å². The quantitative estimate of drug-likeness (QED) is 0.457. The first-order chi connectivity index (χ1) is 18.1. The maximum atomic E-state index is 11.5. The van der Waals surface area contributed by atoms with E-state index in [1.54, 1.807) is 0 Å². The summed E-state index contributed by atoms with van der Waals surface area (Å²) in [4.78, 5) is 24.2. The van der Waals surface area contributed by atoms with E-state index >= 15 is 0 Å². The molecular weight excluding hydrogens is 466 g/mol. The first kappa shape index (κ1) is 25.2. The summed E-state index contributed by atoms with van der Waals surface area (Å²) < 4.78 is 10.3. The van der Waals surface area contributed by atoms with E-state index < -0.39 is 5.76 Å². The van der Waals surface area contributed by atoms with E-state index in [0.29, 0.717) is 5.82 Å². The molecule has 37 heavy (non-hydrogen) atoms. The van der Waals surface area contributed by atoms with Gasteiger partial charge in [0.25, 0.3) is 0 Å². The van der Waals surface area contributed by atoms with Crippen LogP contribution in [0, 0.1) is 0 Å². The first-order valence-corrected chi connectivity index (χ1v) is 13.2. The van der Waals surface area contributed by atoms with E-state index in [1.165, 1.54) is 16.8 Å². The van der Waals surface area contributed by atoms with Crippen LogP contribution in [0.1, 0.15) is 38.7 Å². The van der Waals surface area contributed by atoms with Crippen molar-refractivity contribution in [1.29, 1.82) is 0 Å². The predicted octanol–water partition coefficient (Wildman–Crippen LogP) is 4.71. The number of hydrogen-bond acceptors (Lipinski definition) is 7. The van der Waals surface area contributed by atoms with E-state index in [9.17, 15) is 4.79 Å². The number of rotatable bonds is 9. The third-order valence-electron chi connectivity index (χ3n) is 7.01. The molecule has 5 rings (SSSR count). The van der Waals surface area contributed by atoms with Gasteiger partial charge in [-0.15, -0.1) is 0 Å². The molecule has 1 fully saturated rings. The van der Waals surface area contributed by atoms with Crippen LogP contribution in [0.2, 0.25) is 0 Å². The van der Waals surface area contributed by atoms with Crippen molar-refractivity contribution in [2.75, 3.05) is 32.8 Å². The molecule has 0 radical (unpaired) electrons. The van der Waals surface area contributed by atoms with Crippen molar-refractivity contribution in [1.82, 2.24) is 19.9 Å². The van der Waals surface area contributed by atoms with Crippen LogP contribution < -0.4 is 5.76 Å². The number of aromatic amines is 1. The average molecular weight is 502 g/mol. The molecule has 0 spiro atoms. The van der Waals surface area contributed by atoms with Crippen LogP contribution in [0.5, 0.6) is 0 Å². The normalized spacial score (nSPS) is 18.5. The fourth-order valence-electron chi connectivity index (χ4n) is 5.08. The van der Waals surface area contributed by atoms with Crippen molar-refractivity contribution < 1.29 is 9.26 Å². The van der Waals surface area contributed by atoms with Gasteiger partial charge in [0.05, 0.1) is 13.2 Å². The van der Waals surface area contributed by atoms with E-state index in [4.69, 9.17) is 14.3 Å². The van der Waals surface area contributed by atoms with E-state index in [-0.39, 0.29) is 6.17 Å². The Kier molecular flexibility index (Phi) is 7.96.